The number of phenolic OH excluding ortho intramolecular Hbond substituents is 1. The quantitative estimate of drug-likeness (QED) is 0.784. The summed E-state index contributed by atoms with van der Waals surface area (Å²) in [7, 11) is 0. The molecule has 3 heteroatoms. The van der Waals surface area contributed by atoms with Gasteiger partial charge in [-0.05, 0) is 42.4 Å². The molecule has 1 fully saturated rings. The smallest absolute Gasteiger partial charge is 0.115 e. The van der Waals surface area contributed by atoms with E-state index in [4.69, 9.17) is 5.73 Å². The number of hydrogen-bond acceptors (Lipinski definition) is 3. The van der Waals surface area contributed by atoms with Gasteiger partial charge in [0.2, 0.25) is 0 Å². The highest BCUT2D eigenvalue weighted by molar-refractivity contribution is 5.28. The summed E-state index contributed by atoms with van der Waals surface area (Å²) in [6, 6.07) is 7.27. The van der Waals surface area contributed by atoms with E-state index in [1.165, 1.54) is 0 Å². The van der Waals surface area contributed by atoms with Crippen LogP contribution in [0.5, 0.6) is 5.75 Å². The third kappa shape index (κ3) is 2.77. The number of phenols is 1. The van der Waals surface area contributed by atoms with Crippen LogP contribution in [-0.2, 0) is 6.42 Å². The van der Waals surface area contributed by atoms with Crippen LogP contribution >= 0.6 is 0 Å². The molecule has 0 aromatic heterocycles. The maximum atomic E-state index is 10.7. The van der Waals surface area contributed by atoms with E-state index in [1.807, 2.05) is 12.1 Å². The van der Waals surface area contributed by atoms with Gasteiger partial charge in [0, 0.05) is 12.0 Å². The Morgan fingerprint density at radius 3 is 2.68 bits per heavy atom. The SMILES string of the molecule is CC1(C)CCCC(CN)(Cc2cccc(O)c2)C1O. The highest BCUT2D eigenvalue weighted by atomic mass is 16.3. The number of rotatable bonds is 3. The second-order valence-electron chi connectivity index (χ2n) is 6.66. The summed E-state index contributed by atoms with van der Waals surface area (Å²) in [5, 5.41) is 20.3. The van der Waals surface area contributed by atoms with Crippen molar-refractivity contribution in [2.75, 3.05) is 6.54 Å². The van der Waals surface area contributed by atoms with Gasteiger partial charge in [0.25, 0.3) is 0 Å². The predicted octanol–water partition coefficient (Wildman–Crippen LogP) is 2.45. The second-order valence-corrected chi connectivity index (χ2v) is 6.66. The molecule has 0 radical (unpaired) electrons. The average Bonchev–Trinajstić information content (AvgIpc) is 2.35. The first-order chi connectivity index (χ1) is 8.89. The van der Waals surface area contributed by atoms with Crippen LogP contribution in [0.1, 0.15) is 38.7 Å². The third-order valence-electron chi connectivity index (χ3n) is 4.69. The molecule has 106 valence electrons. The lowest BCUT2D eigenvalue weighted by molar-refractivity contribution is -0.0884. The van der Waals surface area contributed by atoms with E-state index in [0.717, 1.165) is 31.2 Å². The van der Waals surface area contributed by atoms with Gasteiger partial charge < -0.3 is 15.9 Å². The molecule has 0 spiro atoms. The molecule has 2 unspecified atom stereocenters. The van der Waals surface area contributed by atoms with E-state index < -0.39 is 6.10 Å². The van der Waals surface area contributed by atoms with E-state index in [0.29, 0.717) is 6.54 Å². The molecule has 1 aliphatic rings. The van der Waals surface area contributed by atoms with Crippen LogP contribution in [0.3, 0.4) is 0 Å². The Morgan fingerprint density at radius 1 is 1.32 bits per heavy atom. The normalized spacial score (nSPS) is 30.2. The number of aliphatic hydroxyl groups excluding tert-OH is 1. The summed E-state index contributed by atoms with van der Waals surface area (Å²) in [6.07, 6.45) is 3.41. The van der Waals surface area contributed by atoms with E-state index >= 15 is 0 Å². The second kappa shape index (κ2) is 5.14. The molecule has 1 aromatic carbocycles. The van der Waals surface area contributed by atoms with Gasteiger partial charge in [0.1, 0.15) is 5.75 Å². The Balaban J connectivity index is 2.27. The minimum atomic E-state index is -0.402. The lowest BCUT2D eigenvalue weighted by Gasteiger charge is -2.49. The van der Waals surface area contributed by atoms with Gasteiger partial charge >= 0.3 is 0 Å². The highest BCUT2D eigenvalue weighted by Crippen LogP contribution is 2.47. The molecule has 0 amide bonds. The van der Waals surface area contributed by atoms with Gasteiger partial charge in [-0.3, -0.25) is 0 Å². The first-order valence-electron chi connectivity index (χ1n) is 7.06. The Labute approximate surface area is 115 Å². The molecular formula is C16H25NO2. The van der Waals surface area contributed by atoms with E-state index in [2.05, 4.69) is 13.8 Å². The van der Waals surface area contributed by atoms with Crippen molar-refractivity contribution in [2.45, 2.75) is 45.6 Å². The fraction of sp³-hybridized carbons (Fsp3) is 0.625. The summed E-state index contributed by atoms with van der Waals surface area (Å²) in [4.78, 5) is 0. The lowest BCUT2D eigenvalue weighted by Crippen LogP contribution is -2.53. The van der Waals surface area contributed by atoms with Gasteiger partial charge in [-0.2, -0.15) is 0 Å². The largest absolute Gasteiger partial charge is 0.508 e. The molecule has 0 bridgehead atoms. The van der Waals surface area contributed by atoms with Crippen LogP contribution in [0.2, 0.25) is 0 Å². The molecule has 3 nitrogen and oxygen atoms in total. The van der Waals surface area contributed by atoms with E-state index in [1.54, 1.807) is 12.1 Å². The van der Waals surface area contributed by atoms with Gasteiger partial charge in [-0.1, -0.05) is 32.4 Å². The van der Waals surface area contributed by atoms with Crippen molar-refractivity contribution in [1.82, 2.24) is 0 Å². The Morgan fingerprint density at radius 2 is 2.05 bits per heavy atom. The summed E-state index contributed by atoms with van der Waals surface area (Å²) in [5.74, 6) is 0.272. The molecule has 0 heterocycles. The fourth-order valence-corrected chi connectivity index (χ4v) is 3.54. The van der Waals surface area contributed by atoms with Crippen molar-refractivity contribution < 1.29 is 10.2 Å². The fourth-order valence-electron chi connectivity index (χ4n) is 3.54. The summed E-state index contributed by atoms with van der Waals surface area (Å²) >= 11 is 0. The van der Waals surface area contributed by atoms with E-state index in [-0.39, 0.29) is 16.6 Å². The van der Waals surface area contributed by atoms with Crippen molar-refractivity contribution in [3.8, 4) is 5.75 Å². The highest BCUT2D eigenvalue weighted by Gasteiger charge is 2.47. The van der Waals surface area contributed by atoms with Gasteiger partial charge in [0.05, 0.1) is 6.10 Å². The van der Waals surface area contributed by atoms with Crippen LogP contribution in [0.4, 0.5) is 0 Å². The standard InChI is InChI=1S/C16H25NO2/c1-15(2)7-4-8-16(11-17,14(15)19)10-12-5-3-6-13(18)9-12/h3,5-6,9,14,18-19H,4,7-8,10-11,17H2,1-2H3. The molecule has 0 saturated heterocycles. The number of nitrogens with two attached hydrogens (primary N) is 1. The van der Waals surface area contributed by atoms with Crippen molar-refractivity contribution in [3.63, 3.8) is 0 Å². The van der Waals surface area contributed by atoms with E-state index in [9.17, 15) is 10.2 Å². The third-order valence-corrected chi connectivity index (χ3v) is 4.69. The molecule has 1 aliphatic carbocycles. The molecular weight excluding hydrogens is 238 g/mol. The Bertz CT molecular complexity index is 444. The number of aliphatic hydroxyl groups is 1. The van der Waals surface area contributed by atoms with Crippen LogP contribution in [0.15, 0.2) is 24.3 Å². The van der Waals surface area contributed by atoms with Crippen LogP contribution in [0.25, 0.3) is 0 Å². The lowest BCUT2D eigenvalue weighted by atomic mass is 9.59. The molecule has 2 atom stereocenters. The number of aromatic hydroxyl groups is 1. The van der Waals surface area contributed by atoms with Crippen molar-refractivity contribution >= 4 is 0 Å². The molecule has 19 heavy (non-hydrogen) atoms. The van der Waals surface area contributed by atoms with Crippen LogP contribution < -0.4 is 5.73 Å². The maximum absolute atomic E-state index is 10.7. The zero-order chi connectivity index (χ0) is 14.1. The van der Waals surface area contributed by atoms with Crippen molar-refractivity contribution in [3.05, 3.63) is 29.8 Å². The van der Waals surface area contributed by atoms with Crippen molar-refractivity contribution in [2.24, 2.45) is 16.6 Å². The summed E-state index contributed by atoms with van der Waals surface area (Å²) < 4.78 is 0. The topological polar surface area (TPSA) is 66.5 Å². The van der Waals surface area contributed by atoms with Gasteiger partial charge in [0.15, 0.2) is 0 Å². The average molecular weight is 263 g/mol. The minimum Gasteiger partial charge on any atom is -0.508 e. The zero-order valence-corrected chi connectivity index (χ0v) is 11.9. The number of benzene rings is 1. The van der Waals surface area contributed by atoms with Crippen LogP contribution in [-0.4, -0.2) is 22.9 Å². The maximum Gasteiger partial charge on any atom is 0.115 e. The zero-order valence-electron chi connectivity index (χ0n) is 11.9. The monoisotopic (exact) mass is 263 g/mol. The summed E-state index contributed by atoms with van der Waals surface area (Å²) in [6.45, 7) is 4.71. The Hall–Kier alpha value is -1.06. The Kier molecular flexibility index (Phi) is 3.88. The molecule has 4 N–H and O–H groups in total. The number of hydrogen-bond donors (Lipinski definition) is 3. The molecule has 1 saturated carbocycles. The summed E-state index contributed by atoms with van der Waals surface area (Å²) in [5.41, 5.74) is 6.70. The molecule has 0 aliphatic heterocycles. The first kappa shape index (κ1) is 14.4. The molecule has 1 aromatic rings. The minimum absolute atomic E-state index is 0.0888. The van der Waals surface area contributed by atoms with Gasteiger partial charge in [-0.25, -0.2) is 0 Å². The van der Waals surface area contributed by atoms with Crippen LogP contribution in [0, 0.1) is 10.8 Å². The van der Waals surface area contributed by atoms with Crippen molar-refractivity contribution in [1.29, 1.82) is 0 Å². The molecule has 2 rings (SSSR count). The van der Waals surface area contributed by atoms with Gasteiger partial charge in [-0.15, -0.1) is 0 Å². The predicted molar refractivity (Wildman–Crippen MR) is 76.9 cm³/mol. The first-order valence-corrected chi connectivity index (χ1v) is 7.06.